The number of nitrogens with one attached hydrogen (secondary N) is 1. The van der Waals surface area contributed by atoms with Crippen LogP contribution in [0.4, 0.5) is 0 Å². The number of hydrogen-bond acceptors (Lipinski definition) is 4. The maximum atomic E-state index is 12.3. The van der Waals surface area contributed by atoms with Crippen LogP contribution in [0.5, 0.6) is 0 Å². The number of nitrogens with zero attached hydrogens (tertiary/aromatic N) is 1. The van der Waals surface area contributed by atoms with E-state index in [9.17, 15) is 14.4 Å². The maximum Gasteiger partial charge on any atom is 0.249 e. The van der Waals surface area contributed by atoms with Crippen molar-refractivity contribution in [1.29, 1.82) is 0 Å². The Labute approximate surface area is 99.5 Å². The predicted molar refractivity (Wildman–Crippen MR) is 59.6 cm³/mol. The first kappa shape index (κ1) is 12.0. The Kier molecular flexibility index (Phi) is 2.69. The van der Waals surface area contributed by atoms with Crippen LogP contribution in [0.15, 0.2) is 0 Å². The largest absolute Gasteiger partial charge is 0.320 e. The number of nitrogens with two attached hydrogens (primary N) is 1. The molecule has 1 heterocycles. The minimum Gasteiger partial charge on any atom is -0.320 e. The van der Waals surface area contributed by atoms with Crippen molar-refractivity contribution < 1.29 is 14.4 Å². The molecule has 1 saturated heterocycles. The summed E-state index contributed by atoms with van der Waals surface area (Å²) in [6.07, 6.45) is 1.86. The molecular weight excluding hydrogens is 222 g/mol. The fourth-order valence-electron chi connectivity index (χ4n) is 2.13. The molecule has 0 aromatic carbocycles. The van der Waals surface area contributed by atoms with Gasteiger partial charge in [0, 0.05) is 0 Å². The summed E-state index contributed by atoms with van der Waals surface area (Å²) in [4.78, 5) is 36.3. The lowest BCUT2D eigenvalue weighted by Gasteiger charge is -2.37. The third-order valence-electron chi connectivity index (χ3n) is 3.57. The molecule has 2 atom stereocenters. The molecule has 1 saturated carbocycles. The summed E-state index contributed by atoms with van der Waals surface area (Å²) in [5.41, 5.74) is 5.05. The van der Waals surface area contributed by atoms with E-state index in [-0.39, 0.29) is 18.4 Å². The fourth-order valence-corrected chi connectivity index (χ4v) is 2.13. The number of imide groups is 1. The molecule has 0 bridgehead atoms. The summed E-state index contributed by atoms with van der Waals surface area (Å²) < 4.78 is 0. The molecule has 0 radical (unpaired) electrons. The third kappa shape index (κ3) is 2.04. The summed E-state index contributed by atoms with van der Waals surface area (Å²) in [5.74, 6) is -1.03. The fraction of sp³-hybridized carbons (Fsp3) is 0.727. The van der Waals surface area contributed by atoms with E-state index in [0.717, 1.165) is 12.8 Å². The Hall–Kier alpha value is -1.43. The van der Waals surface area contributed by atoms with Crippen molar-refractivity contribution in [3.63, 3.8) is 0 Å². The lowest BCUT2D eigenvalue weighted by atomic mass is 9.94. The van der Waals surface area contributed by atoms with Crippen molar-refractivity contribution in [2.75, 3.05) is 6.54 Å². The Morgan fingerprint density at radius 2 is 2.06 bits per heavy atom. The summed E-state index contributed by atoms with van der Waals surface area (Å²) in [6.45, 7) is 3.19. The first-order valence-electron chi connectivity index (χ1n) is 5.77. The summed E-state index contributed by atoms with van der Waals surface area (Å²) >= 11 is 0. The van der Waals surface area contributed by atoms with E-state index in [4.69, 9.17) is 5.73 Å². The Morgan fingerprint density at radius 1 is 1.47 bits per heavy atom. The number of hydrogen-bond donors (Lipinski definition) is 2. The number of carbonyl (C=O) groups excluding carboxylic acids is 3. The van der Waals surface area contributed by atoms with Gasteiger partial charge in [0.25, 0.3) is 0 Å². The Bertz CT molecular complexity index is 387. The third-order valence-corrected chi connectivity index (χ3v) is 3.57. The van der Waals surface area contributed by atoms with Gasteiger partial charge in [0.15, 0.2) is 0 Å². The van der Waals surface area contributed by atoms with Crippen LogP contribution < -0.4 is 11.1 Å². The van der Waals surface area contributed by atoms with Gasteiger partial charge in [0.05, 0.1) is 5.54 Å². The van der Waals surface area contributed by atoms with Crippen molar-refractivity contribution in [1.82, 2.24) is 10.2 Å². The normalized spacial score (nSPS) is 28.6. The highest BCUT2D eigenvalue weighted by Crippen LogP contribution is 2.39. The average Bonchev–Trinajstić information content (AvgIpc) is 3.06. The molecular formula is C11H17N3O3. The van der Waals surface area contributed by atoms with Crippen molar-refractivity contribution in [3.05, 3.63) is 0 Å². The van der Waals surface area contributed by atoms with Crippen molar-refractivity contribution in [3.8, 4) is 0 Å². The van der Waals surface area contributed by atoms with Gasteiger partial charge in [-0.05, 0) is 32.6 Å². The van der Waals surface area contributed by atoms with Crippen LogP contribution in [0.2, 0.25) is 0 Å². The van der Waals surface area contributed by atoms with Gasteiger partial charge in [-0.25, -0.2) is 0 Å². The second-order valence-electron chi connectivity index (χ2n) is 5.08. The molecule has 0 spiro atoms. The molecule has 2 aliphatic rings. The van der Waals surface area contributed by atoms with E-state index in [0.29, 0.717) is 0 Å². The van der Waals surface area contributed by atoms with Gasteiger partial charge < -0.3 is 10.6 Å². The standard InChI is InChI=1S/C11H17N3O3/c1-6-9(16)13-8(15)5-14(6)10(17)11(2,12)7-3-4-7/h6-7H,3-5,12H2,1-2H3,(H,13,15,16). The molecule has 2 rings (SSSR count). The second-order valence-corrected chi connectivity index (χ2v) is 5.08. The SMILES string of the molecule is CC1C(=O)NC(=O)CN1C(=O)C(C)(N)C1CC1. The number of carbonyl (C=O) groups is 3. The van der Waals surface area contributed by atoms with Crippen molar-refractivity contribution >= 4 is 17.7 Å². The molecule has 6 nitrogen and oxygen atoms in total. The molecule has 1 aliphatic heterocycles. The van der Waals surface area contributed by atoms with E-state index in [1.54, 1.807) is 13.8 Å². The molecule has 6 heteroatoms. The summed E-state index contributed by atoms with van der Waals surface area (Å²) in [7, 11) is 0. The van der Waals surface area contributed by atoms with Gasteiger partial charge in [-0.15, -0.1) is 0 Å². The topological polar surface area (TPSA) is 92.5 Å². The summed E-state index contributed by atoms with van der Waals surface area (Å²) in [6, 6.07) is -0.637. The van der Waals surface area contributed by atoms with Gasteiger partial charge in [0.2, 0.25) is 17.7 Å². The van der Waals surface area contributed by atoms with E-state index in [1.165, 1.54) is 4.90 Å². The minimum atomic E-state index is -0.966. The zero-order valence-electron chi connectivity index (χ0n) is 10.0. The van der Waals surface area contributed by atoms with Crippen LogP contribution in [0.25, 0.3) is 0 Å². The molecule has 17 heavy (non-hydrogen) atoms. The van der Waals surface area contributed by atoms with Crippen molar-refractivity contribution in [2.45, 2.75) is 38.3 Å². The van der Waals surface area contributed by atoms with Gasteiger partial charge >= 0.3 is 0 Å². The van der Waals surface area contributed by atoms with E-state index < -0.39 is 23.4 Å². The highest BCUT2D eigenvalue weighted by molar-refractivity contribution is 6.05. The predicted octanol–water partition coefficient (Wildman–Crippen LogP) is -1.01. The first-order valence-corrected chi connectivity index (χ1v) is 5.77. The zero-order chi connectivity index (χ0) is 12.8. The van der Waals surface area contributed by atoms with Crippen LogP contribution in [-0.2, 0) is 14.4 Å². The highest BCUT2D eigenvalue weighted by Gasteiger charge is 2.48. The molecule has 2 fully saturated rings. The van der Waals surface area contributed by atoms with Crippen LogP contribution >= 0.6 is 0 Å². The van der Waals surface area contributed by atoms with E-state index in [1.807, 2.05) is 0 Å². The molecule has 0 aromatic heterocycles. The smallest absolute Gasteiger partial charge is 0.249 e. The maximum absolute atomic E-state index is 12.3. The van der Waals surface area contributed by atoms with Gasteiger partial charge in [-0.2, -0.15) is 0 Å². The van der Waals surface area contributed by atoms with Gasteiger partial charge in [0.1, 0.15) is 12.6 Å². The van der Waals surface area contributed by atoms with Crippen LogP contribution in [0.3, 0.4) is 0 Å². The van der Waals surface area contributed by atoms with Crippen molar-refractivity contribution in [2.24, 2.45) is 11.7 Å². The first-order chi connectivity index (χ1) is 7.84. The van der Waals surface area contributed by atoms with Crippen LogP contribution in [0.1, 0.15) is 26.7 Å². The molecule has 2 unspecified atom stereocenters. The Balaban J connectivity index is 2.17. The lowest BCUT2D eigenvalue weighted by Crippen LogP contribution is -2.64. The lowest BCUT2D eigenvalue weighted by molar-refractivity contribution is -0.152. The number of rotatable bonds is 2. The molecule has 3 amide bonds. The molecule has 0 aromatic rings. The molecule has 3 N–H and O–H groups in total. The van der Waals surface area contributed by atoms with Gasteiger partial charge in [-0.3, -0.25) is 19.7 Å². The van der Waals surface area contributed by atoms with Crippen LogP contribution in [0, 0.1) is 5.92 Å². The quantitative estimate of drug-likeness (QED) is 0.604. The Morgan fingerprint density at radius 3 is 2.59 bits per heavy atom. The second kappa shape index (κ2) is 3.80. The van der Waals surface area contributed by atoms with Crippen LogP contribution in [-0.4, -0.2) is 40.7 Å². The number of amides is 3. The monoisotopic (exact) mass is 239 g/mol. The van der Waals surface area contributed by atoms with E-state index >= 15 is 0 Å². The number of piperazine rings is 1. The highest BCUT2D eigenvalue weighted by atomic mass is 16.2. The summed E-state index contributed by atoms with van der Waals surface area (Å²) in [5, 5.41) is 2.20. The van der Waals surface area contributed by atoms with E-state index in [2.05, 4.69) is 5.32 Å². The average molecular weight is 239 g/mol. The van der Waals surface area contributed by atoms with Gasteiger partial charge in [-0.1, -0.05) is 0 Å². The minimum absolute atomic E-state index is 0.0920. The molecule has 1 aliphatic carbocycles. The zero-order valence-corrected chi connectivity index (χ0v) is 10.0. The molecule has 94 valence electrons.